The van der Waals surface area contributed by atoms with Crippen LogP contribution in [-0.4, -0.2) is 24.4 Å². The number of rotatable bonds is 4. The standard InChI is InChI=1S/C16H11ClN2O5S/c17-13-9-4-1-2-6-11(9)25-14(13)16(22)24-8-12(20)18-19-15(21)10-5-3-7-23-10/h1-7H,8H2,(H,18,20)(H,19,21). The molecule has 0 radical (unpaired) electrons. The summed E-state index contributed by atoms with van der Waals surface area (Å²) in [6.45, 7) is -0.568. The second-order valence-corrected chi connectivity index (χ2v) is 6.23. The number of ether oxygens (including phenoxy) is 1. The van der Waals surface area contributed by atoms with Crippen LogP contribution in [-0.2, 0) is 9.53 Å². The molecule has 25 heavy (non-hydrogen) atoms. The molecule has 0 spiro atoms. The molecule has 2 aromatic heterocycles. The van der Waals surface area contributed by atoms with Gasteiger partial charge in [0.15, 0.2) is 12.4 Å². The fourth-order valence-corrected chi connectivity index (χ4v) is 3.38. The summed E-state index contributed by atoms with van der Waals surface area (Å²) in [5.74, 6) is -2.00. The van der Waals surface area contributed by atoms with Gasteiger partial charge in [-0.1, -0.05) is 29.8 Å². The van der Waals surface area contributed by atoms with Gasteiger partial charge < -0.3 is 9.15 Å². The molecule has 0 unspecified atom stereocenters. The first-order valence-electron chi connectivity index (χ1n) is 7.03. The Morgan fingerprint density at radius 1 is 1.12 bits per heavy atom. The van der Waals surface area contributed by atoms with Crippen LogP contribution in [0, 0.1) is 0 Å². The van der Waals surface area contributed by atoms with Gasteiger partial charge in [0.25, 0.3) is 5.91 Å². The van der Waals surface area contributed by atoms with E-state index in [1.807, 2.05) is 18.2 Å². The number of hydrogen-bond acceptors (Lipinski definition) is 6. The highest BCUT2D eigenvalue weighted by Crippen LogP contribution is 2.35. The lowest BCUT2D eigenvalue weighted by atomic mass is 10.2. The van der Waals surface area contributed by atoms with Gasteiger partial charge in [0.1, 0.15) is 4.88 Å². The number of benzene rings is 1. The Labute approximate surface area is 150 Å². The minimum atomic E-state index is -0.710. The molecule has 0 aliphatic heterocycles. The van der Waals surface area contributed by atoms with E-state index in [0.717, 1.165) is 10.1 Å². The average molecular weight is 379 g/mol. The van der Waals surface area contributed by atoms with Crippen LogP contribution in [0.1, 0.15) is 20.2 Å². The van der Waals surface area contributed by atoms with Crippen molar-refractivity contribution in [2.75, 3.05) is 6.61 Å². The SMILES string of the molecule is O=C(COC(=O)c1sc2ccccc2c1Cl)NNC(=O)c1ccco1. The van der Waals surface area contributed by atoms with E-state index < -0.39 is 24.4 Å². The maximum Gasteiger partial charge on any atom is 0.350 e. The zero-order chi connectivity index (χ0) is 17.8. The Balaban J connectivity index is 1.53. The summed E-state index contributed by atoms with van der Waals surface area (Å²) >= 11 is 7.35. The molecule has 0 aliphatic carbocycles. The van der Waals surface area contributed by atoms with Gasteiger partial charge in [0.2, 0.25) is 0 Å². The number of halogens is 1. The van der Waals surface area contributed by atoms with E-state index in [2.05, 4.69) is 10.9 Å². The predicted molar refractivity (Wildman–Crippen MR) is 91.4 cm³/mol. The zero-order valence-electron chi connectivity index (χ0n) is 12.6. The minimum Gasteiger partial charge on any atom is -0.459 e. The molecule has 0 saturated heterocycles. The average Bonchev–Trinajstić information content (AvgIpc) is 3.26. The quantitative estimate of drug-likeness (QED) is 0.537. The van der Waals surface area contributed by atoms with Crippen molar-refractivity contribution >= 4 is 50.8 Å². The van der Waals surface area contributed by atoms with E-state index in [4.69, 9.17) is 20.8 Å². The van der Waals surface area contributed by atoms with E-state index in [0.29, 0.717) is 0 Å². The van der Waals surface area contributed by atoms with Gasteiger partial charge in [0, 0.05) is 10.1 Å². The molecule has 2 amide bonds. The lowest BCUT2D eigenvalue weighted by Crippen LogP contribution is -2.43. The lowest BCUT2D eigenvalue weighted by Gasteiger charge is -2.06. The summed E-state index contributed by atoms with van der Waals surface area (Å²) in [7, 11) is 0. The lowest BCUT2D eigenvalue weighted by molar-refractivity contribution is -0.125. The molecule has 2 N–H and O–H groups in total. The summed E-state index contributed by atoms with van der Waals surface area (Å²) in [6, 6.07) is 10.2. The Hall–Kier alpha value is -2.84. The largest absolute Gasteiger partial charge is 0.459 e. The van der Waals surface area contributed by atoms with Crippen LogP contribution in [0.2, 0.25) is 5.02 Å². The fraction of sp³-hybridized carbons (Fsp3) is 0.0625. The highest BCUT2D eigenvalue weighted by molar-refractivity contribution is 7.21. The summed E-state index contributed by atoms with van der Waals surface area (Å²) in [6.07, 6.45) is 1.33. The smallest absolute Gasteiger partial charge is 0.350 e. The molecule has 9 heteroatoms. The first-order valence-corrected chi connectivity index (χ1v) is 8.22. The number of amides is 2. The topological polar surface area (TPSA) is 97.6 Å². The molecule has 3 aromatic rings. The molecule has 0 aliphatic rings. The molecular weight excluding hydrogens is 368 g/mol. The molecule has 1 aromatic carbocycles. The van der Waals surface area contributed by atoms with E-state index in [9.17, 15) is 14.4 Å². The minimum absolute atomic E-state index is 0.0364. The van der Waals surface area contributed by atoms with Gasteiger partial charge in [-0.3, -0.25) is 20.4 Å². The van der Waals surface area contributed by atoms with Gasteiger partial charge in [-0.2, -0.15) is 0 Å². The molecule has 2 heterocycles. The van der Waals surface area contributed by atoms with Gasteiger partial charge in [0.05, 0.1) is 11.3 Å². The third-order valence-corrected chi connectivity index (χ3v) is 4.77. The first-order chi connectivity index (χ1) is 12.1. The first kappa shape index (κ1) is 17.0. The van der Waals surface area contributed by atoms with Crippen LogP contribution in [0.4, 0.5) is 0 Å². The number of thiophene rings is 1. The second kappa shape index (κ2) is 7.37. The van der Waals surface area contributed by atoms with E-state index in [-0.39, 0.29) is 15.7 Å². The van der Waals surface area contributed by atoms with Crippen molar-refractivity contribution < 1.29 is 23.5 Å². The van der Waals surface area contributed by atoms with Crippen LogP contribution in [0.5, 0.6) is 0 Å². The van der Waals surface area contributed by atoms with Gasteiger partial charge in [-0.25, -0.2) is 4.79 Å². The molecule has 0 saturated carbocycles. The molecular formula is C16H11ClN2O5S. The summed E-state index contributed by atoms with van der Waals surface area (Å²) < 4.78 is 10.6. The second-order valence-electron chi connectivity index (χ2n) is 4.80. The van der Waals surface area contributed by atoms with E-state index in [1.165, 1.54) is 29.7 Å². The van der Waals surface area contributed by atoms with Gasteiger partial charge in [-0.15, -0.1) is 11.3 Å². The van der Waals surface area contributed by atoms with Crippen molar-refractivity contribution in [3.05, 3.63) is 58.3 Å². The summed E-state index contributed by atoms with van der Waals surface area (Å²) in [5.41, 5.74) is 4.25. The number of fused-ring (bicyclic) bond motifs is 1. The van der Waals surface area contributed by atoms with Gasteiger partial charge in [-0.05, 0) is 18.2 Å². The van der Waals surface area contributed by atoms with Crippen molar-refractivity contribution in [3.63, 3.8) is 0 Å². The number of carbonyl (C=O) groups is 3. The van der Waals surface area contributed by atoms with Crippen molar-refractivity contribution in [2.24, 2.45) is 0 Å². The molecule has 3 rings (SSSR count). The monoisotopic (exact) mass is 378 g/mol. The van der Waals surface area contributed by atoms with Crippen LogP contribution >= 0.6 is 22.9 Å². The van der Waals surface area contributed by atoms with E-state index >= 15 is 0 Å². The van der Waals surface area contributed by atoms with Crippen LogP contribution in [0.25, 0.3) is 10.1 Å². The third-order valence-electron chi connectivity index (χ3n) is 3.12. The predicted octanol–water partition coefficient (Wildman–Crippen LogP) is 2.77. The maximum atomic E-state index is 12.1. The van der Waals surface area contributed by atoms with Crippen molar-refractivity contribution in [3.8, 4) is 0 Å². The normalized spacial score (nSPS) is 10.4. The Morgan fingerprint density at radius 3 is 2.64 bits per heavy atom. The number of furan rings is 1. The van der Waals surface area contributed by atoms with Crippen molar-refractivity contribution in [1.29, 1.82) is 0 Å². The molecule has 0 atom stereocenters. The zero-order valence-corrected chi connectivity index (χ0v) is 14.1. The summed E-state index contributed by atoms with van der Waals surface area (Å²) in [5, 5.41) is 1.04. The molecule has 128 valence electrons. The maximum absolute atomic E-state index is 12.1. The molecule has 0 fully saturated rings. The Morgan fingerprint density at radius 2 is 1.92 bits per heavy atom. The Kier molecular flexibility index (Phi) is 5.01. The van der Waals surface area contributed by atoms with Crippen LogP contribution in [0.3, 0.4) is 0 Å². The van der Waals surface area contributed by atoms with Gasteiger partial charge >= 0.3 is 11.9 Å². The highest BCUT2D eigenvalue weighted by atomic mass is 35.5. The van der Waals surface area contributed by atoms with Crippen molar-refractivity contribution in [2.45, 2.75) is 0 Å². The number of hydrazine groups is 1. The number of carbonyl (C=O) groups excluding carboxylic acids is 3. The fourth-order valence-electron chi connectivity index (χ4n) is 1.97. The Bertz CT molecular complexity index is 935. The third kappa shape index (κ3) is 3.81. The van der Waals surface area contributed by atoms with Crippen molar-refractivity contribution in [1.82, 2.24) is 10.9 Å². The molecule has 7 nitrogen and oxygen atoms in total. The van der Waals surface area contributed by atoms with Crippen LogP contribution in [0.15, 0.2) is 47.1 Å². The number of esters is 1. The highest BCUT2D eigenvalue weighted by Gasteiger charge is 2.19. The molecule has 0 bridgehead atoms. The van der Waals surface area contributed by atoms with E-state index in [1.54, 1.807) is 6.07 Å². The summed E-state index contributed by atoms with van der Waals surface area (Å²) in [4.78, 5) is 35.5. The van der Waals surface area contributed by atoms with Crippen LogP contribution < -0.4 is 10.9 Å². The number of hydrogen-bond donors (Lipinski definition) is 2. The number of nitrogens with one attached hydrogen (secondary N) is 2.